The highest BCUT2D eigenvalue weighted by molar-refractivity contribution is 5.77. The van der Waals surface area contributed by atoms with Gasteiger partial charge in [-0.05, 0) is 36.2 Å². The first kappa shape index (κ1) is 22.1. The highest BCUT2D eigenvalue weighted by Gasteiger charge is 2.39. The zero-order valence-corrected chi connectivity index (χ0v) is 18.3. The maximum atomic E-state index is 13.2. The maximum absolute atomic E-state index is 13.2. The molecule has 2 heterocycles. The summed E-state index contributed by atoms with van der Waals surface area (Å²) in [6.45, 7) is 2.48. The number of benzene rings is 2. The average Bonchev–Trinajstić information content (AvgIpc) is 3.30. The highest BCUT2D eigenvalue weighted by Crippen LogP contribution is 2.36. The quantitative estimate of drug-likeness (QED) is 0.552. The van der Waals surface area contributed by atoms with Gasteiger partial charge in [0.05, 0.1) is 24.4 Å². The van der Waals surface area contributed by atoms with Gasteiger partial charge < -0.3 is 10.0 Å². The lowest BCUT2D eigenvalue weighted by Crippen LogP contribution is -2.48. The van der Waals surface area contributed by atoms with Crippen LogP contribution in [-0.4, -0.2) is 43.6 Å². The minimum absolute atomic E-state index is 0.100. The van der Waals surface area contributed by atoms with Crippen molar-refractivity contribution < 1.29 is 14.3 Å². The van der Waals surface area contributed by atoms with E-state index in [1.54, 1.807) is 23.0 Å². The number of aliphatic hydroxyl groups excluding tert-OH is 1. The fourth-order valence-electron chi connectivity index (χ4n) is 4.35. The molecule has 0 aliphatic carbocycles. The number of likely N-dealkylation sites (tertiary alicyclic amines) is 1. The van der Waals surface area contributed by atoms with Gasteiger partial charge in [-0.1, -0.05) is 55.3 Å². The molecule has 0 spiro atoms. The Morgan fingerprint density at radius 1 is 1.12 bits per heavy atom. The number of halogens is 1. The number of unbranched alkanes of at least 4 members (excludes halogenated alkanes) is 2. The van der Waals surface area contributed by atoms with Gasteiger partial charge in [-0.15, -0.1) is 5.10 Å². The molecule has 1 aliphatic heterocycles. The molecule has 0 radical (unpaired) electrons. The molecule has 168 valence electrons. The third-order valence-corrected chi connectivity index (χ3v) is 6.16. The lowest BCUT2D eigenvalue weighted by Gasteiger charge is -2.42. The van der Waals surface area contributed by atoms with E-state index in [2.05, 4.69) is 17.2 Å². The molecule has 1 N–H and O–H groups in total. The molecule has 0 unspecified atom stereocenters. The zero-order valence-electron chi connectivity index (χ0n) is 18.3. The largest absolute Gasteiger partial charge is 0.391 e. The monoisotopic (exact) mass is 436 g/mol. The number of aromatic nitrogens is 3. The van der Waals surface area contributed by atoms with Crippen LogP contribution in [0.1, 0.15) is 56.7 Å². The van der Waals surface area contributed by atoms with Gasteiger partial charge >= 0.3 is 0 Å². The molecule has 32 heavy (non-hydrogen) atoms. The van der Waals surface area contributed by atoms with Crippen molar-refractivity contribution in [2.75, 3.05) is 6.54 Å². The van der Waals surface area contributed by atoms with Crippen molar-refractivity contribution in [3.63, 3.8) is 0 Å². The normalized spacial score (nSPS) is 21.0. The third-order valence-electron chi connectivity index (χ3n) is 6.16. The van der Waals surface area contributed by atoms with Gasteiger partial charge in [0, 0.05) is 24.9 Å². The topological polar surface area (TPSA) is 71.2 Å². The van der Waals surface area contributed by atoms with Gasteiger partial charge in [0.25, 0.3) is 0 Å². The first-order valence-electron chi connectivity index (χ1n) is 11.3. The number of piperidine rings is 1. The summed E-state index contributed by atoms with van der Waals surface area (Å²) >= 11 is 0. The number of hydrogen-bond donors (Lipinski definition) is 1. The van der Waals surface area contributed by atoms with E-state index in [0.717, 1.165) is 30.4 Å². The van der Waals surface area contributed by atoms with Crippen LogP contribution in [0.4, 0.5) is 4.39 Å². The van der Waals surface area contributed by atoms with Crippen LogP contribution in [-0.2, 0) is 4.79 Å². The van der Waals surface area contributed by atoms with Crippen LogP contribution < -0.4 is 0 Å². The van der Waals surface area contributed by atoms with Crippen LogP contribution in [0.15, 0.2) is 60.8 Å². The first-order chi connectivity index (χ1) is 15.6. The minimum Gasteiger partial charge on any atom is -0.391 e. The number of amides is 1. The summed E-state index contributed by atoms with van der Waals surface area (Å²) in [5.74, 6) is -0.212. The maximum Gasteiger partial charge on any atom is 0.223 e. The molecule has 4 rings (SSSR count). The molecule has 2 aromatic carbocycles. The van der Waals surface area contributed by atoms with Crippen LogP contribution in [0.3, 0.4) is 0 Å². The summed E-state index contributed by atoms with van der Waals surface area (Å²) in [4.78, 5) is 15.1. The Kier molecular flexibility index (Phi) is 6.95. The second kappa shape index (κ2) is 10.0. The van der Waals surface area contributed by atoms with Crippen LogP contribution >= 0.6 is 0 Å². The molecule has 0 saturated carbocycles. The smallest absolute Gasteiger partial charge is 0.223 e. The molecule has 1 amide bonds. The summed E-state index contributed by atoms with van der Waals surface area (Å²) in [7, 11) is 0. The number of rotatable bonds is 7. The van der Waals surface area contributed by atoms with Crippen molar-refractivity contribution in [1.82, 2.24) is 19.9 Å². The van der Waals surface area contributed by atoms with Gasteiger partial charge in [0.1, 0.15) is 11.5 Å². The van der Waals surface area contributed by atoms with Crippen LogP contribution in [0.2, 0.25) is 0 Å². The third kappa shape index (κ3) is 4.88. The van der Waals surface area contributed by atoms with Gasteiger partial charge in [-0.25, -0.2) is 9.07 Å². The summed E-state index contributed by atoms with van der Waals surface area (Å²) in [5.41, 5.74) is 2.38. The van der Waals surface area contributed by atoms with Gasteiger partial charge in [-0.2, -0.15) is 0 Å². The van der Waals surface area contributed by atoms with E-state index >= 15 is 0 Å². The zero-order chi connectivity index (χ0) is 22.5. The van der Waals surface area contributed by atoms with Gasteiger partial charge in [0.15, 0.2) is 0 Å². The van der Waals surface area contributed by atoms with E-state index < -0.39 is 12.1 Å². The lowest BCUT2D eigenvalue weighted by molar-refractivity contribution is -0.139. The summed E-state index contributed by atoms with van der Waals surface area (Å²) < 4.78 is 14.9. The average molecular weight is 437 g/mol. The Bertz CT molecular complexity index is 1020. The van der Waals surface area contributed by atoms with Gasteiger partial charge in [-0.3, -0.25) is 4.79 Å². The van der Waals surface area contributed by atoms with E-state index in [0.29, 0.717) is 25.1 Å². The highest BCUT2D eigenvalue weighted by atomic mass is 19.1. The predicted molar refractivity (Wildman–Crippen MR) is 120 cm³/mol. The fourth-order valence-corrected chi connectivity index (χ4v) is 4.35. The minimum atomic E-state index is -0.678. The molecule has 3 aromatic rings. The van der Waals surface area contributed by atoms with E-state index in [9.17, 15) is 14.3 Å². The lowest BCUT2D eigenvalue weighted by atomic mass is 9.90. The van der Waals surface area contributed by atoms with Crippen molar-refractivity contribution in [3.8, 4) is 11.3 Å². The Morgan fingerprint density at radius 2 is 1.88 bits per heavy atom. The molecular weight excluding hydrogens is 407 g/mol. The number of hydrogen-bond acceptors (Lipinski definition) is 4. The standard InChI is InChI=1S/C25H29FN4O2/c1-2-3-5-10-25(32)29-17-23(24(31)15-22(29)19-8-6-4-7-9-19)30-16-21(27-28-30)18-11-13-20(26)14-12-18/h4,6-9,11-14,16,22-24,31H,2-3,5,10,15,17H2,1H3/t22-,23-,24-/m1/s1. The molecule has 0 bridgehead atoms. The SMILES string of the molecule is CCCCCC(=O)N1C[C@@H](n2cc(-c3ccc(F)cc3)nn2)[C@H](O)C[C@@H]1c1ccccc1. The summed E-state index contributed by atoms with van der Waals surface area (Å²) in [5, 5.41) is 19.4. The van der Waals surface area contributed by atoms with E-state index in [1.165, 1.54) is 12.1 Å². The van der Waals surface area contributed by atoms with Crippen LogP contribution in [0.25, 0.3) is 11.3 Å². The Morgan fingerprint density at radius 3 is 2.59 bits per heavy atom. The Hall–Kier alpha value is -3.06. The predicted octanol–water partition coefficient (Wildman–Crippen LogP) is 4.54. The Balaban J connectivity index is 1.57. The first-order valence-corrected chi connectivity index (χ1v) is 11.3. The number of nitrogens with zero attached hydrogens (tertiary/aromatic N) is 4. The molecule has 6 nitrogen and oxygen atoms in total. The van der Waals surface area contributed by atoms with Crippen molar-refractivity contribution in [2.45, 2.75) is 57.2 Å². The number of aliphatic hydroxyl groups is 1. The Labute approximate surface area is 187 Å². The van der Waals surface area contributed by atoms with E-state index in [4.69, 9.17) is 0 Å². The second-order valence-electron chi connectivity index (χ2n) is 8.39. The van der Waals surface area contributed by atoms with Crippen LogP contribution in [0.5, 0.6) is 0 Å². The van der Waals surface area contributed by atoms with Crippen molar-refractivity contribution in [3.05, 3.63) is 72.2 Å². The molecule has 1 saturated heterocycles. The van der Waals surface area contributed by atoms with E-state index in [-0.39, 0.29) is 17.8 Å². The molecule has 1 fully saturated rings. The molecule has 7 heteroatoms. The molecule has 1 aliphatic rings. The van der Waals surface area contributed by atoms with Crippen molar-refractivity contribution in [2.24, 2.45) is 0 Å². The molecule has 1 aromatic heterocycles. The summed E-state index contributed by atoms with van der Waals surface area (Å²) in [6, 6.07) is 15.4. The summed E-state index contributed by atoms with van der Waals surface area (Å²) in [6.07, 6.45) is 4.94. The molecule has 3 atom stereocenters. The van der Waals surface area contributed by atoms with Crippen molar-refractivity contribution >= 4 is 5.91 Å². The second-order valence-corrected chi connectivity index (χ2v) is 8.39. The van der Waals surface area contributed by atoms with Gasteiger partial charge in [0.2, 0.25) is 5.91 Å². The van der Waals surface area contributed by atoms with Crippen molar-refractivity contribution in [1.29, 1.82) is 0 Å². The van der Waals surface area contributed by atoms with E-state index in [1.807, 2.05) is 35.2 Å². The van der Waals surface area contributed by atoms with Crippen LogP contribution in [0, 0.1) is 5.82 Å². The number of carbonyl (C=O) groups is 1. The fraction of sp³-hybridized carbons (Fsp3) is 0.400. The molecular formula is C25H29FN4O2. The number of carbonyl (C=O) groups excluding carboxylic acids is 1.